The predicted molar refractivity (Wildman–Crippen MR) is 128 cm³/mol. The molecule has 2 saturated heterocycles. The van der Waals surface area contributed by atoms with Crippen molar-refractivity contribution in [3.05, 3.63) is 65.2 Å². The minimum Gasteiger partial charge on any atom is -0.368 e. The largest absolute Gasteiger partial charge is 0.368 e. The highest BCUT2D eigenvalue weighted by Crippen LogP contribution is 2.38. The van der Waals surface area contributed by atoms with E-state index in [1.807, 2.05) is 48.2 Å². The van der Waals surface area contributed by atoms with E-state index in [1.54, 1.807) is 11.2 Å². The van der Waals surface area contributed by atoms with Crippen molar-refractivity contribution in [1.82, 2.24) is 9.21 Å². The molecule has 0 saturated carbocycles. The Hall–Kier alpha value is -2.38. The highest BCUT2D eigenvalue weighted by Gasteiger charge is 2.40. The number of aryl methyl sites for hydroxylation is 1. The van der Waals surface area contributed by atoms with Crippen LogP contribution in [-0.2, 0) is 21.4 Å². The molecule has 7 heteroatoms. The van der Waals surface area contributed by atoms with Crippen LogP contribution in [0.2, 0.25) is 0 Å². The van der Waals surface area contributed by atoms with E-state index in [1.165, 1.54) is 0 Å². The molecule has 0 spiro atoms. The lowest BCUT2D eigenvalue weighted by Gasteiger charge is -2.38. The molecule has 6 nitrogen and oxygen atoms in total. The molecular weight excluding hydrogens is 422 g/mol. The van der Waals surface area contributed by atoms with Crippen molar-refractivity contribution in [2.45, 2.75) is 51.4 Å². The number of sulfonamides is 1. The minimum absolute atomic E-state index is 0.0143. The van der Waals surface area contributed by atoms with Crippen LogP contribution in [0.1, 0.15) is 48.6 Å². The van der Waals surface area contributed by atoms with Crippen molar-refractivity contribution < 1.29 is 13.2 Å². The van der Waals surface area contributed by atoms with Gasteiger partial charge in [0.25, 0.3) is 0 Å². The molecule has 2 aromatic carbocycles. The molecule has 1 unspecified atom stereocenters. The number of rotatable bonds is 4. The van der Waals surface area contributed by atoms with Crippen molar-refractivity contribution in [3.63, 3.8) is 0 Å². The van der Waals surface area contributed by atoms with Gasteiger partial charge in [-0.25, -0.2) is 8.42 Å². The summed E-state index contributed by atoms with van der Waals surface area (Å²) in [6.07, 6.45) is 1.52. The van der Waals surface area contributed by atoms with Gasteiger partial charge in [0.1, 0.15) is 5.25 Å². The Balaban J connectivity index is 1.51. The molecule has 2 heterocycles. The summed E-state index contributed by atoms with van der Waals surface area (Å²) in [6.45, 7) is 9.21. The van der Waals surface area contributed by atoms with Gasteiger partial charge in [0.15, 0.2) is 0 Å². The van der Waals surface area contributed by atoms with Gasteiger partial charge in [-0.1, -0.05) is 42.5 Å². The highest BCUT2D eigenvalue weighted by atomic mass is 32.2. The van der Waals surface area contributed by atoms with Gasteiger partial charge in [-0.15, -0.1) is 0 Å². The summed E-state index contributed by atoms with van der Waals surface area (Å²) in [4.78, 5) is 15.8. The van der Waals surface area contributed by atoms with Crippen molar-refractivity contribution in [1.29, 1.82) is 0 Å². The molecule has 2 atom stereocenters. The lowest BCUT2D eigenvalue weighted by Crippen LogP contribution is -2.48. The summed E-state index contributed by atoms with van der Waals surface area (Å²) in [5, 5.41) is -0.474. The number of carbonyl (C=O) groups is 1. The van der Waals surface area contributed by atoms with Gasteiger partial charge in [0.2, 0.25) is 15.9 Å². The van der Waals surface area contributed by atoms with E-state index >= 15 is 0 Å². The zero-order chi connectivity index (χ0) is 22.9. The number of amides is 1. The second-order valence-electron chi connectivity index (χ2n) is 9.03. The Morgan fingerprint density at radius 1 is 1.00 bits per heavy atom. The Bertz CT molecular complexity index is 1060. The van der Waals surface area contributed by atoms with Crippen LogP contribution in [0.4, 0.5) is 5.69 Å². The summed E-state index contributed by atoms with van der Waals surface area (Å²) in [7, 11) is -3.44. The van der Waals surface area contributed by atoms with Crippen LogP contribution in [0.15, 0.2) is 48.5 Å². The van der Waals surface area contributed by atoms with Crippen molar-refractivity contribution in [2.75, 3.05) is 31.1 Å². The standard InChI is InChI=1S/C25H33N3O3S/c1-19-17-22(10-11-24(19)27-15-13-26(14-16-27)21(3)29)18-28-20(2)9-12-25(32(28,30)31)23-7-5-4-6-8-23/h4-8,10-11,17,20,25H,9,12-16,18H2,1-3H3/t20-,25?/m0/s1. The molecule has 0 radical (unpaired) electrons. The lowest BCUT2D eigenvalue weighted by molar-refractivity contribution is -0.129. The molecule has 4 rings (SSSR count). The minimum atomic E-state index is -3.44. The molecule has 0 N–H and O–H groups in total. The second kappa shape index (κ2) is 9.24. The fourth-order valence-electron chi connectivity index (χ4n) is 4.96. The van der Waals surface area contributed by atoms with E-state index in [9.17, 15) is 13.2 Å². The molecule has 2 aromatic rings. The second-order valence-corrected chi connectivity index (χ2v) is 11.1. The van der Waals surface area contributed by atoms with E-state index in [0.29, 0.717) is 13.0 Å². The van der Waals surface area contributed by atoms with E-state index < -0.39 is 15.3 Å². The van der Waals surface area contributed by atoms with Crippen LogP contribution in [0.25, 0.3) is 0 Å². The molecular formula is C25H33N3O3S. The lowest BCUT2D eigenvalue weighted by atomic mass is 10.0. The van der Waals surface area contributed by atoms with Gasteiger partial charge in [-0.05, 0) is 49.4 Å². The van der Waals surface area contributed by atoms with Gasteiger partial charge in [-0.2, -0.15) is 4.31 Å². The predicted octanol–water partition coefficient (Wildman–Crippen LogP) is 3.72. The van der Waals surface area contributed by atoms with Crippen molar-refractivity contribution >= 4 is 21.6 Å². The van der Waals surface area contributed by atoms with E-state index in [-0.39, 0.29) is 11.9 Å². The third-order valence-electron chi connectivity index (χ3n) is 6.86. The number of nitrogens with zero attached hydrogens (tertiary/aromatic N) is 3. The van der Waals surface area contributed by atoms with Crippen LogP contribution >= 0.6 is 0 Å². The molecule has 2 aliphatic heterocycles. The molecule has 172 valence electrons. The molecule has 1 amide bonds. The molecule has 2 aliphatic rings. The first kappa shape index (κ1) is 22.8. The SMILES string of the molecule is CC(=O)N1CCN(c2ccc(CN3[C@@H](C)CCC(c4ccccc4)S3(=O)=O)cc2C)CC1. The Morgan fingerprint density at radius 2 is 1.69 bits per heavy atom. The van der Waals surface area contributed by atoms with Crippen molar-refractivity contribution in [3.8, 4) is 0 Å². The third kappa shape index (κ3) is 4.55. The number of piperazine rings is 1. The third-order valence-corrected chi connectivity index (χ3v) is 9.23. The van der Waals surface area contributed by atoms with Crippen LogP contribution in [0.5, 0.6) is 0 Å². The first-order valence-electron chi connectivity index (χ1n) is 11.4. The molecule has 0 aliphatic carbocycles. The normalized spacial score (nSPS) is 23.8. The van der Waals surface area contributed by atoms with Gasteiger partial charge in [0.05, 0.1) is 0 Å². The first-order chi connectivity index (χ1) is 15.3. The van der Waals surface area contributed by atoms with E-state index in [0.717, 1.165) is 55.0 Å². The Kier molecular flexibility index (Phi) is 6.58. The van der Waals surface area contributed by atoms with Crippen LogP contribution in [-0.4, -0.2) is 55.8 Å². The van der Waals surface area contributed by atoms with Gasteiger partial charge < -0.3 is 9.80 Å². The van der Waals surface area contributed by atoms with E-state index in [2.05, 4.69) is 24.0 Å². The van der Waals surface area contributed by atoms with Gasteiger partial charge in [0, 0.05) is 51.4 Å². The summed E-state index contributed by atoms with van der Waals surface area (Å²) < 4.78 is 28.7. The average Bonchev–Trinajstić information content (AvgIpc) is 2.77. The maximum atomic E-state index is 13.5. The summed E-state index contributed by atoms with van der Waals surface area (Å²) >= 11 is 0. The zero-order valence-electron chi connectivity index (χ0n) is 19.2. The van der Waals surface area contributed by atoms with Crippen LogP contribution in [0.3, 0.4) is 0 Å². The first-order valence-corrected chi connectivity index (χ1v) is 12.9. The quantitative estimate of drug-likeness (QED) is 0.705. The zero-order valence-corrected chi connectivity index (χ0v) is 20.0. The number of carbonyl (C=O) groups excluding carboxylic acids is 1. The smallest absolute Gasteiger partial charge is 0.221 e. The summed E-state index contributed by atoms with van der Waals surface area (Å²) in [6, 6.07) is 15.8. The van der Waals surface area contributed by atoms with Gasteiger partial charge >= 0.3 is 0 Å². The topological polar surface area (TPSA) is 60.9 Å². The Morgan fingerprint density at radius 3 is 2.31 bits per heavy atom. The molecule has 0 bridgehead atoms. The fraction of sp³-hybridized carbons (Fsp3) is 0.480. The molecule has 0 aromatic heterocycles. The number of anilines is 1. The maximum Gasteiger partial charge on any atom is 0.221 e. The fourth-order valence-corrected chi connectivity index (χ4v) is 7.16. The van der Waals surface area contributed by atoms with Crippen LogP contribution < -0.4 is 4.90 Å². The Labute approximate surface area is 191 Å². The molecule has 32 heavy (non-hydrogen) atoms. The highest BCUT2D eigenvalue weighted by molar-refractivity contribution is 7.89. The monoisotopic (exact) mass is 455 g/mol. The number of benzene rings is 2. The number of hydrogen-bond acceptors (Lipinski definition) is 4. The molecule has 2 fully saturated rings. The average molecular weight is 456 g/mol. The van der Waals surface area contributed by atoms with E-state index in [4.69, 9.17) is 0 Å². The van der Waals surface area contributed by atoms with Crippen LogP contribution in [0, 0.1) is 6.92 Å². The summed E-state index contributed by atoms with van der Waals surface area (Å²) in [5.74, 6) is 0.127. The van der Waals surface area contributed by atoms with Crippen molar-refractivity contribution in [2.24, 2.45) is 0 Å². The summed E-state index contributed by atoms with van der Waals surface area (Å²) in [5.41, 5.74) is 4.19. The number of hydrogen-bond donors (Lipinski definition) is 0. The maximum absolute atomic E-state index is 13.5. The van der Waals surface area contributed by atoms with Gasteiger partial charge in [-0.3, -0.25) is 4.79 Å².